The summed E-state index contributed by atoms with van der Waals surface area (Å²) in [7, 11) is 0. The summed E-state index contributed by atoms with van der Waals surface area (Å²) in [5.41, 5.74) is 0.796. The van der Waals surface area contributed by atoms with Crippen molar-refractivity contribution in [1.29, 1.82) is 0 Å². The zero-order chi connectivity index (χ0) is 15.2. The molecule has 21 heavy (non-hydrogen) atoms. The molecule has 2 rings (SSSR count). The molecule has 0 fully saturated rings. The third-order valence-corrected chi connectivity index (χ3v) is 3.02. The number of nitro groups is 1. The molecule has 2 aromatic carbocycles. The maximum Gasteiger partial charge on any atom is 0.336 e. The molecule has 0 heterocycles. The fourth-order valence-electron chi connectivity index (χ4n) is 1.56. The molecule has 0 N–H and O–H groups in total. The monoisotopic (exact) mass is 347 g/mol. The number of hydrogen-bond acceptors (Lipinski definition) is 4. The van der Waals surface area contributed by atoms with Gasteiger partial charge in [0.25, 0.3) is 5.69 Å². The van der Waals surface area contributed by atoms with Gasteiger partial charge in [-0.2, -0.15) is 0 Å². The van der Waals surface area contributed by atoms with Crippen molar-refractivity contribution in [1.82, 2.24) is 0 Å². The lowest BCUT2D eigenvalue weighted by atomic mass is 10.2. The summed E-state index contributed by atoms with van der Waals surface area (Å²) < 4.78 is 5.95. The van der Waals surface area contributed by atoms with Crippen LogP contribution in [0.1, 0.15) is 5.56 Å². The van der Waals surface area contributed by atoms with Crippen molar-refractivity contribution in [2.45, 2.75) is 0 Å². The number of nitro benzene ring substituents is 1. The number of non-ortho nitro benzene ring substituents is 1. The van der Waals surface area contributed by atoms with Crippen LogP contribution in [0.2, 0.25) is 0 Å². The first-order valence-electron chi connectivity index (χ1n) is 5.94. The third kappa shape index (κ3) is 4.54. The predicted molar refractivity (Wildman–Crippen MR) is 81.9 cm³/mol. The van der Waals surface area contributed by atoms with E-state index in [2.05, 4.69) is 15.9 Å². The minimum absolute atomic E-state index is 0.0560. The highest BCUT2D eigenvalue weighted by Crippen LogP contribution is 2.18. The van der Waals surface area contributed by atoms with Gasteiger partial charge < -0.3 is 4.74 Å². The van der Waals surface area contributed by atoms with Gasteiger partial charge in [0, 0.05) is 22.7 Å². The van der Waals surface area contributed by atoms with Crippen molar-refractivity contribution < 1.29 is 14.5 Å². The topological polar surface area (TPSA) is 69.4 Å². The van der Waals surface area contributed by atoms with E-state index in [0.717, 1.165) is 10.0 Å². The van der Waals surface area contributed by atoms with Crippen LogP contribution in [-0.4, -0.2) is 10.9 Å². The van der Waals surface area contributed by atoms with E-state index in [1.807, 2.05) is 24.3 Å². The molecule has 0 aliphatic rings. The van der Waals surface area contributed by atoms with Crippen LogP contribution in [0.5, 0.6) is 5.75 Å². The number of carbonyl (C=O) groups is 1. The van der Waals surface area contributed by atoms with Crippen LogP contribution in [0.4, 0.5) is 5.69 Å². The molecule has 0 bridgehead atoms. The molecule has 106 valence electrons. The van der Waals surface area contributed by atoms with Crippen molar-refractivity contribution in [2.75, 3.05) is 0 Å². The van der Waals surface area contributed by atoms with Crippen LogP contribution in [0.15, 0.2) is 59.1 Å². The van der Waals surface area contributed by atoms with Crippen molar-refractivity contribution >= 4 is 33.7 Å². The molecule has 0 aliphatic carbocycles. The van der Waals surface area contributed by atoms with E-state index in [4.69, 9.17) is 4.74 Å². The smallest absolute Gasteiger partial charge is 0.336 e. The van der Waals surface area contributed by atoms with Gasteiger partial charge in [-0.1, -0.05) is 28.1 Å². The summed E-state index contributed by atoms with van der Waals surface area (Å²) in [5, 5.41) is 10.5. The van der Waals surface area contributed by atoms with E-state index >= 15 is 0 Å². The lowest BCUT2D eigenvalue weighted by Gasteiger charge is -2.00. The minimum Gasteiger partial charge on any atom is -0.423 e. The molecule has 0 amide bonds. The molecule has 0 aliphatic heterocycles. The van der Waals surface area contributed by atoms with Gasteiger partial charge in [-0.05, 0) is 35.9 Å². The van der Waals surface area contributed by atoms with Crippen molar-refractivity contribution in [3.8, 4) is 5.75 Å². The van der Waals surface area contributed by atoms with Crippen molar-refractivity contribution in [2.24, 2.45) is 0 Å². The van der Waals surface area contributed by atoms with Crippen LogP contribution < -0.4 is 4.74 Å². The lowest BCUT2D eigenvalue weighted by molar-refractivity contribution is -0.384. The Bertz CT molecular complexity index is 695. The Kier molecular flexibility index (Phi) is 4.84. The fraction of sp³-hybridized carbons (Fsp3) is 0. The summed E-state index contributed by atoms with van der Waals surface area (Å²) in [6.45, 7) is 0. The average molecular weight is 348 g/mol. The fourth-order valence-corrected chi connectivity index (χ4v) is 1.98. The number of esters is 1. The Morgan fingerprint density at radius 3 is 2.52 bits per heavy atom. The summed E-state index contributed by atoms with van der Waals surface area (Å²) in [5.74, 6) is -0.298. The Labute approximate surface area is 129 Å². The SMILES string of the molecule is O=C(/C=C/c1cccc(Br)c1)Oc1ccc([N+](=O)[O-])cc1. The van der Waals surface area contributed by atoms with Crippen molar-refractivity contribution in [3.05, 3.63) is 74.8 Å². The molecule has 2 aromatic rings. The van der Waals surface area contributed by atoms with Gasteiger partial charge in [0.05, 0.1) is 4.92 Å². The molecule has 0 radical (unpaired) electrons. The van der Waals surface area contributed by atoms with Crippen LogP contribution in [-0.2, 0) is 4.79 Å². The zero-order valence-electron chi connectivity index (χ0n) is 10.7. The summed E-state index contributed by atoms with van der Waals surface area (Å²) >= 11 is 3.34. The second kappa shape index (κ2) is 6.81. The molecule has 0 spiro atoms. The highest BCUT2D eigenvalue weighted by atomic mass is 79.9. The normalized spacial score (nSPS) is 10.5. The quantitative estimate of drug-likeness (QED) is 0.276. The maximum absolute atomic E-state index is 11.6. The largest absolute Gasteiger partial charge is 0.423 e. The van der Waals surface area contributed by atoms with E-state index in [1.165, 1.54) is 30.3 Å². The first-order chi connectivity index (χ1) is 10.0. The lowest BCUT2D eigenvalue weighted by Crippen LogP contribution is -2.03. The first-order valence-corrected chi connectivity index (χ1v) is 6.74. The molecule has 0 saturated carbocycles. The number of nitrogens with zero attached hydrogens (tertiary/aromatic N) is 1. The average Bonchev–Trinajstić information content (AvgIpc) is 2.46. The van der Waals surface area contributed by atoms with Crippen LogP contribution in [0.25, 0.3) is 6.08 Å². The Morgan fingerprint density at radius 1 is 1.19 bits per heavy atom. The Hall–Kier alpha value is -2.47. The molecule has 0 aromatic heterocycles. The van der Waals surface area contributed by atoms with Crippen molar-refractivity contribution in [3.63, 3.8) is 0 Å². The zero-order valence-corrected chi connectivity index (χ0v) is 12.3. The van der Waals surface area contributed by atoms with Gasteiger partial charge in [-0.3, -0.25) is 10.1 Å². The van der Waals surface area contributed by atoms with E-state index in [0.29, 0.717) is 0 Å². The van der Waals surface area contributed by atoms with E-state index in [9.17, 15) is 14.9 Å². The van der Waals surface area contributed by atoms with E-state index in [1.54, 1.807) is 6.08 Å². The maximum atomic E-state index is 11.6. The van der Waals surface area contributed by atoms with Crippen LogP contribution >= 0.6 is 15.9 Å². The van der Waals surface area contributed by atoms with E-state index in [-0.39, 0.29) is 11.4 Å². The second-order valence-electron chi connectivity index (χ2n) is 4.06. The van der Waals surface area contributed by atoms with Gasteiger partial charge in [0.15, 0.2) is 0 Å². The minimum atomic E-state index is -0.552. The number of rotatable bonds is 4. The molecule has 0 atom stereocenters. The first kappa shape index (κ1) is 14.9. The molecule has 0 saturated heterocycles. The van der Waals surface area contributed by atoms with E-state index < -0.39 is 10.9 Å². The van der Waals surface area contributed by atoms with Crippen LogP contribution in [0, 0.1) is 10.1 Å². The molecule has 5 nitrogen and oxygen atoms in total. The summed E-state index contributed by atoms with van der Waals surface area (Å²) in [6, 6.07) is 12.8. The van der Waals surface area contributed by atoms with Gasteiger partial charge in [0.2, 0.25) is 0 Å². The molecule has 6 heteroatoms. The van der Waals surface area contributed by atoms with Gasteiger partial charge in [0.1, 0.15) is 5.75 Å². The van der Waals surface area contributed by atoms with Gasteiger partial charge in [-0.25, -0.2) is 4.79 Å². The molecular formula is C15H10BrNO4. The highest BCUT2D eigenvalue weighted by molar-refractivity contribution is 9.10. The molecular weight excluding hydrogens is 338 g/mol. The summed E-state index contributed by atoms with van der Waals surface area (Å²) in [4.78, 5) is 21.6. The Morgan fingerprint density at radius 2 is 1.90 bits per heavy atom. The highest BCUT2D eigenvalue weighted by Gasteiger charge is 2.06. The number of ether oxygens (including phenoxy) is 1. The van der Waals surface area contributed by atoms with Crippen LogP contribution in [0.3, 0.4) is 0 Å². The van der Waals surface area contributed by atoms with Gasteiger partial charge in [-0.15, -0.1) is 0 Å². The number of benzene rings is 2. The molecule has 0 unspecified atom stereocenters. The number of hydrogen-bond donors (Lipinski definition) is 0. The number of carbonyl (C=O) groups excluding carboxylic acids is 1. The Balaban J connectivity index is 1.99. The third-order valence-electron chi connectivity index (χ3n) is 2.53. The second-order valence-corrected chi connectivity index (χ2v) is 4.98. The number of halogens is 1. The summed E-state index contributed by atoms with van der Waals surface area (Å²) in [6.07, 6.45) is 2.92. The van der Waals surface area contributed by atoms with Gasteiger partial charge >= 0.3 is 5.97 Å². The predicted octanol–water partition coefficient (Wildman–Crippen LogP) is 3.98. The standard InChI is InChI=1S/C15H10BrNO4/c16-12-3-1-2-11(10-12)4-9-15(18)21-14-7-5-13(6-8-14)17(19)20/h1-10H/b9-4+.